The van der Waals surface area contributed by atoms with Gasteiger partial charge in [0.15, 0.2) is 0 Å². The van der Waals surface area contributed by atoms with Gasteiger partial charge in [0.1, 0.15) is 5.82 Å². The lowest BCUT2D eigenvalue weighted by molar-refractivity contribution is 0.472. The van der Waals surface area contributed by atoms with Gasteiger partial charge in [-0.2, -0.15) is 0 Å². The van der Waals surface area contributed by atoms with Crippen molar-refractivity contribution in [2.45, 2.75) is 48.4 Å². The second-order valence-electron chi connectivity index (χ2n) is 4.82. The summed E-state index contributed by atoms with van der Waals surface area (Å²) in [7, 11) is 0. The molecule has 2 aliphatic rings. The normalized spacial score (nSPS) is 28.9. The van der Waals surface area contributed by atoms with Crippen LogP contribution in [0.2, 0.25) is 0 Å². The Hall–Kier alpha value is -0.540. The number of nitrogens with one attached hydrogen (secondary N) is 1. The summed E-state index contributed by atoms with van der Waals surface area (Å²) in [6, 6.07) is 6.49. The van der Waals surface area contributed by atoms with Crippen LogP contribution in [0.4, 0.5) is 4.39 Å². The average molecular weight is 237 g/mol. The Morgan fingerprint density at radius 1 is 1.38 bits per heavy atom. The average Bonchev–Trinajstić information content (AvgIpc) is 3.03. The van der Waals surface area contributed by atoms with Crippen molar-refractivity contribution in [3.63, 3.8) is 0 Å². The summed E-state index contributed by atoms with van der Waals surface area (Å²) in [6.07, 6.45) is 3.67. The van der Waals surface area contributed by atoms with E-state index in [1.54, 1.807) is 17.8 Å². The van der Waals surface area contributed by atoms with Crippen molar-refractivity contribution in [3.8, 4) is 0 Å². The van der Waals surface area contributed by atoms with Gasteiger partial charge in [0, 0.05) is 22.2 Å². The number of thioether (sulfide) groups is 1. The summed E-state index contributed by atoms with van der Waals surface area (Å²) >= 11 is 1.67. The monoisotopic (exact) mass is 237 g/mol. The summed E-state index contributed by atoms with van der Waals surface area (Å²) in [6.45, 7) is 2.18. The van der Waals surface area contributed by atoms with Crippen LogP contribution < -0.4 is 5.32 Å². The lowest BCUT2D eigenvalue weighted by Crippen LogP contribution is -2.29. The molecule has 3 heteroatoms. The number of benzene rings is 1. The zero-order valence-electron chi connectivity index (χ0n) is 9.37. The fraction of sp³-hybridized carbons (Fsp3) is 0.538. The molecule has 0 radical (unpaired) electrons. The van der Waals surface area contributed by atoms with Crippen molar-refractivity contribution in [2.24, 2.45) is 0 Å². The lowest BCUT2D eigenvalue weighted by Gasteiger charge is -2.30. The molecule has 0 aromatic heterocycles. The van der Waals surface area contributed by atoms with Crippen molar-refractivity contribution in [1.82, 2.24) is 5.32 Å². The predicted molar refractivity (Wildman–Crippen MR) is 65.2 cm³/mol. The van der Waals surface area contributed by atoms with Gasteiger partial charge in [-0.1, -0.05) is 19.1 Å². The second kappa shape index (κ2) is 4.04. The molecule has 1 aliphatic heterocycles. The molecule has 1 N–H and O–H groups in total. The molecule has 2 unspecified atom stereocenters. The number of rotatable bonds is 2. The van der Waals surface area contributed by atoms with Crippen LogP contribution in [0, 0.1) is 5.82 Å². The standard InChI is InChI=1S/C13H16FNS/c1-8-7-12(15-9-5-6-9)10-3-2-4-11(14)13(10)16-8/h2-4,8-9,12,15H,5-7H2,1H3. The Morgan fingerprint density at radius 2 is 2.19 bits per heavy atom. The molecule has 86 valence electrons. The molecule has 1 aromatic rings. The maximum absolute atomic E-state index is 13.7. The Balaban J connectivity index is 1.93. The fourth-order valence-corrected chi connectivity index (χ4v) is 3.54. The van der Waals surface area contributed by atoms with Crippen molar-refractivity contribution >= 4 is 11.8 Å². The number of hydrogen-bond acceptors (Lipinski definition) is 2. The minimum Gasteiger partial charge on any atom is -0.307 e. The highest BCUT2D eigenvalue weighted by atomic mass is 32.2. The van der Waals surface area contributed by atoms with Crippen LogP contribution in [0.25, 0.3) is 0 Å². The largest absolute Gasteiger partial charge is 0.307 e. The Kier molecular flexibility index (Phi) is 2.68. The van der Waals surface area contributed by atoms with Crippen LogP contribution >= 0.6 is 11.8 Å². The van der Waals surface area contributed by atoms with Crippen molar-refractivity contribution in [1.29, 1.82) is 0 Å². The van der Waals surface area contributed by atoms with E-state index in [0.717, 1.165) is 16.9 Å². The Morgan fingerprint density at radius 3 is 2.94 bits per heavy atom. The first-order valence-corrected chi connectivity index (χ1v) is 6.83. The third-order valence-corrected chi connectivity index (χ3v) is 4.53. The zero-order valence-corrected chi connectivity index (χ0v) is 10.2. The van der Waals surface area contributed by atoms with E-state index in [-0.39, 0.29) is 5.82 Å². The molecule has 0 amide bonds. The SMILES string of the molecule is CC1CC(NC2CC2)c2cccc(F)c2S1. The minimum atomic E-state index is -0.0587. The number of fused-ring (bicyclic) bond motifs is 1. The van der Waals surface area contributed by atoms with Gasteiger partial charge < -0.3 is 5.32 Å². The maximum Gasteiger partial charge on any atom is 0.137 e. The van der Waals surface area contributed by atoms with Gasteiger partial charge in [-0.05, 0) is 30.9 Å². The van der Waals surface area contributed by atoms with Gasteiger partial charge in [0.25, 0.3) is 0 Å². The first kappa shape index (κ1) is 10.6. The topological polar surface area (TPSA) is 12.0 Å². The van der Waals surface area contributed by atoms with E-state index in [1.165, 1.54) is 12.8 Å². The zero-order chi connectivity index (χ0) is 11.1. The highest BCUT2D eigenvalue weighted by molar-refractivity contribution is 8.00. The molecule has 1 saturated carbocycles. The van der Waals surface area contributed by atoms with E-state index < -0.39 is 0 Å². The second-order valence-corrected chi connectivity index (χ2v) is 6.26. The van der Waals surface area contributed by atoms with Crippen LogP contribution in [-0.2, 0) is 0 Å². The quantitative estimate of drug-likeness (QED) is 0.845. The molecule has 1 aliphatic carbocycles. The summed E-state index contributed by atoms with van der Waals surface area (Å²) in [5, 5.41) is 4.13. The smallest absolute Gasteiger partial charge is 0.137 e. The summed E-state index contributed by atoms with van der Waals surface area (Å²) in [5.41, 5.74) is 1.16. The highest BCUT2D eigenvalue weighted by Gasteiger charge is 2.31. The van der Waals surface area contributed by atoms with Crippen LogP contribution in [0.5, 0.6) is 0 Å². The van der Waals surface area contributed by atoms with Crippen molar-refractivity contribution in [2.75, 3.05) is 0 Å². The van der Waals surface area contributed by atoms with E-state index in [1.807, 2.05) is 6.07 Å². The summed E-state index contributed by atoms with van der Waals surface area (Å²) in [5.74, 6) is -0.0587. The van der Waals surface area contributed by atoms with E-state index in [0.29, 0.717) is 17.3 Å². The molecule has 3 rings (SSSR count). The Labute approximate surface area is 99.8 Å². The van der Waals surface area contributed by atoms with Crippen LogP contribution in [0.15, 0.2) is 23.1 Å². The van der Waals surface area contributed by atoms with Gasteiger partial charge in [-0.3, -0.25) is 0 Å². The van der Waals surface area contributed by atoms with Crippen LogP contribution in [0.3, 0.4) is 0 Å². The molecular weight excluding hydrogens is 221 g/mol. The maximum atomic E-state index is 13.7. The third kappa shape index (κ3) is 1.98. The van der Waals surface area contributed by atoms with Gasteiger partial charge in [-0.15, -0.1) is 11.8 Å². The highest BCUT2D eigenvalue weighted by Crippen LogP contribution is 2.42. The molecule has 0 spiro atoms. The van der Waals surface area contributed by atoms with Crippen LogP contribution in [0.1, 0.15) is 37.8 Å². The minimum absolute atomic E-state index is 0.0587. The van der Waals surface area contributed by atoms with Crippen molar-refractivity contribution in [3.05, 3.63) is 29.6 Å². The van der Waals surface area contributed by atoms with Gasteiger partial charge in [0.05, 0.1) is 0 Å². The molecule has 1 fully saturated rings. The summed E-state index contributed by atoms with van der Waals surface area (Å²) < 4.78 is 13.7. The van der Waals surface area contributed by atoms with Crippen molar-refractivity contribution < 1.29 is 4.39 Å². The van der Waals surface area contributed by atoms with Gasteiger partial charge in [-0.25, -0.2) is 4.39 Å². The van der Waals surface area contributed by atoms with E-state index in [4.69, 9.17) is 0 Å². The van der Waals surface area contributed by atoms with Gasteiger partial charge in [0.2, 0.25) is 0 Å². The molecule has 1 heterocycles. The molecule has 2 atom stereocenters. The molecule has 0 bridgehead atoms. The van der Waals surface area contributed by atoms with Gasteiger partial charge >= 0.3 is 0 Å². The molecule has 16 heavy (non-hydrogen) atoms. The number of halogens is 1. The molecule has 0 saturated heterocycles. The number of hydrogen-bond donors (Lipinski definition) is 1. The first-order valence-electron chi connectivity index (χ1n) is 5.95. The Bertz CT molecular complexity index is 403. The first-order chi connectivity index (χ1) is 7.74. The third-order valence-electron chi connectivity index (χ3n) is 3.27. The molecule has 1 aromatic carbocycles. The van der Waals surface area contributed by atoms with E-state index >= 15 is 0 Å². The summed E-state index contributed by atoms with van der Waals surface area (Å²) in [4.78, 5) is 0.861. The molecular formula is C13H16FNS. The van der Waals surface area contributed by atoms with E-state index in [9.17, 15) is 4.39 Å². The lowest BCUT2D eigenvalue weighted by atomic mass is 10.0. The fourth-order valence-electron chi connectivity index (χ4n) is 2.32. The molecule has 1 nitrogen and oxygen atoms in total. The predicted octanol–water partition coefficient (Wildman–Crippen LogP) is 3.50. The van der Waals surface area contributed by atoms with Crippen LogP contribution in [-0.4, -0.2) is 11.3 Å². The van der Waals surface area contributed by atoms with E-state index in [2.05, 4.69) is 18.3 Å².